The zero-order chi connectivity index (χ0) is 13.1. The van der Waals surface area contributed by atoms with Gasteiger partial charge >= 0.3 is 6.03 Å². The van der Waals surface area contributed by atoms with Crippen molar-refractivity contribution in [3.8, 4) is 0 Å². The molecule has 0 saturated carbocycles. The monoisotopic (exact) mass is 271 g/mol. The Labute approximate surface area is 110 Å². The van der Waals surface area contributed by atoms with Crippen LogP contribution in [0.3, 0.4) is 0 Å². The van der Waals surface area contributed by atoms with Crippen molar-refractivity contribution < 1.29 is 14.4 Å². The molecule has 100 valence electrons. The SMILES string of the molecule is CC(=O)SC1CC(=O)N(CCN2CCNC2=O)C1. The number of urea groups is 1. The largest absolute Gasteiger partial charge is 0.340 e. The Balaban J connectivity index is 1.78. The molecule has 7 heteroatoms. The summed E-state index contributed by atoms with van der Waals surface area (Å²) in [5.74, 6) is 0.0772. The van der Waals surface area contributed by atoms with Crippen molar-refractivity contribution in [2.24, 2.45) is 0 Å². The van der Waals surface area contributed by atoms with Crippen LogP contribution in [-0.2, 0) is 9.59 Å². The van der Waals surface area contributed by atoms with E-state index < -0.39 is 0 Å². The Hall–Kier alpha value is -1.24. The minimum Gasteiger partial charge on any atom is -0.340 e. The highest BCUT2D eigenvalue weighted by molar-refractivity contribution is 8.14. The highest BCUT2D eigenvalue weighted by Crippen LogP contribution is 2.23. The van der Waals surface area contributed by atoms with Crippen LogP contribution in [0.5, 0.6) is 0 Å². The van der Waals surface area contributed by atoms with Gasteiger partial charge < -0.3 is 15.1 Å². The van der Waals surface area contributed by atoms with Gasteiger partial charge in [0.1, 0.15) is 0 Å². The molecule has 0 radical (unpaired) electrons. The molecule has 2 saturated heterocycles. The van der Waals surface area contributed by atoms with Crippen molar-refractivity contribution in [1.29, 1.82) is 0 Å². The van der Waals surface area contributed by atoms with Gasteiger partial charge in [0.05, 0.1) is 0 Å². The van der Waals surface area contributed by atoms with Crippen LogP contribution in [0.2, 0.25) is 0 Å². The van der Waals surface area contributed by atoms with E-state index in [0.717, 1.165) is 0 Å². The summed E-state index contributed by atoms with van der Waals surface area (Å²) in [7, 11) is 0. The average molecular weight is 271 g/mol. The number of hydrogen-bond acceptors (Lipinski definition) is 4. The number of amides is 3. The number of carbonyl (C=O) groups is 3. The van der Waals surface area contributed by atoms with Crippen molar-refractivity contribution in [1.82, 2.24) is 15.1 Å². The molecule has 2 rings (SSSR count). The third kappa shape index (κ3) is 3.16. The zero-order valence-corrected chi connectivity index (χ0v) is 11.2. The first-order valence-corrected chi connectivity index (χ1v) is 6.92. The van der Waals surface area contributed by atoms with Gasteiger partial charge in [0.25, 0.3) is 0 Å². The maximum atomic E-state index is 11.7. The van der Waals surface area contributed by atoms with E-state index in [-0.39, 0.29) is 22.3 Å². The molecular formula is C11H17N3O3S. The first kappa shape index (κ1) is 13.2. The molecule has 1 N–H and O–H groups in total. The Kier molecular flexibility index (Phi) is 4.11. The minimum absolute atomic E-state index is 0.0496. The van der Waals surface area contributed by atoms with Crippen molar-refractivity contribution in [2.45, 2.75) is 18.6 Å². The summed E-state index contributed by atoms with van der Waals surface area (Å²) >= 11 is 1.23. The van der Waals surface area contributed by atoms with E-state index in [9.17, 15) is 14.4 Å². The predicted octanol–water partition coefficient (Wildman–Crippen LogP) is -0.108. The standard InChI is InChI=1S/C11H17N3O3S/c1-8(15)18-9-6-10(16)14(7-9)5-4-13-3-2-12-11(13)17/h9H,2-7H2,1H3,(H,12,17). The van der Waals surface area contributed by atoms with E-state index in [1.165, 1.54) is 18.7 Å². The number of nitrogens with zero attached hydrogens (tertiary/aromatic N) is 2. The quantitative estimate of drug-likeness (QED) is 0.775. The normalized spacial score (nSPS) is 23.7. The van der Waals surface area contributed by atoms with Crippen molar-refractivity contribution in [3.63, 3.8) is 0 Å². The van der Waals surface area contributed by atoms with Gasteiger partial charge in [-0.2, -0.15) is 0 Å². The fraction of sp³-hybridized carbons (Fsp3) is 0.727. The van der Waals surface area contributed by atoms with E-state index in [0.29, 0.717) is 39.1 Å². The maximum absolute atomic E-state index is 11.7. The Morgan fingerprint density at radius 1 is 1.39 bits per heavy atom. The molecule has 1 atom stereocenters. The van der Waals surface area contributed by atoms with Crippen LogP contribution in [0.25, 0.3) is 0 Å². The molecule has 2 fully saturated rings. The molecule has 18 heavy (non-hydrogen) atoms. The molecule has 3 amide bonds. The topological polar surface area (TPSA) is 69.7 Å². The molecule has 1 unspecified atom stereocenters. The Bertz CT molecular complexity index is 375. The number of thioether (sulfide) groups is 1. The molecule has 0 aromatic carbocycles. The van der Waals surface area contributed by atoms with Crippen LogP contribution in [0.1, 0.15) is 13.3 Å². The zero-order valence-electron chi connectivity index (χ0n) is 10.3. The second kappa shape index (κ2) is 5.60. The fourth-order valence-electron chi connectivity index (χ4n) is 2.23. The molecular weight excluding hydrogens is 254 g/mol. The van der Waals surface area contributed by atoms with Crippen LogP contribution >= 0.6 is 11.8 Å². The molecule has 0 aromatic heterocycles. The highest BCUT2D eigenvalue weighted by atomic mass is 32.2. The van der Waals surface area contributed by atoms with E-state index in [2.05, 4.69) is 5.32 Å². The van der Waals surface area contributed by atoms with Crippen molar-refractivity contribution in [3.05, 3.63) is 0 Å². The molecule has 0 spiro atoms. The molecule has 2 heterocycles. The minimum atomic E-state index is -0.0590. The lowest BCUT2D eigenvalue weighted by Crippen LogP contribution is -2.37. The molecule has 0 aromatic rings. The molecule has 6 nitrogen and oxygen atoms in total. The van der Waals surface area contributed by atoms with Gasteiger partial charge in [0, 0.05) is 51.3 Å². The number of nitrogens with one attached hydrogen (secondary N) is 1. The summed E-state index contributed by atoms with van der Waals surface area (Å²) in [5.41, 5.74) is 0. The fourth-order valence-corrected chi connectivity index (χ4v) is 3.18. The number of hydrogen-bond donors (Lipinski definition) is 1. The Morgan fingerprint density at radius 3 is 2.72 bits per heavy atom. The van der Waals surface area contributed by atoms with Gasteiger partial charge in [-0.1, -0.05) is 11.8 Å². The smallest absolute Gasteiger partial charge is 0.317 e. The van der Waals surface area contributed by atoms with Crippen LogP contribution < -0.4 is 5.32 Å². The summed E-state index contributed by atoms with van der Waals surface area (Å²) in [6.45, 7) is 4.63. The van der Waals surface area contributed by atoms with Gasteiger partial charge in [-0.25, -0.2) is 4.79 Å². The summed E-state index contributed by atoms with van der Waals surface area (Å²) in [6, 6.07) is -0.0590. The first-order valence-electron chi connectivity index (χ1n) is 6.04. The number of rotatable bonds is 4. The number of carbonyl (C=O) groups excluding carboxylic acids is 3. The molecule has 0 aliphatic carbocycles. The third-order valence-electron chi connectivity index (χ3n) is 3.10. The second-order valence-electron chi connectivity index (χ2n) is 4.49. The van der Waals surface area contributed by atoms with Gasteiger partial charge in [0.2, 0.25) is 5.91 Å². The average Bonchev–Trinajstić information content (AvgIpc) is 2.82. The number of likely N-dealkylation sites (tertiary alicyclic amines) is 1. The summed E-state index contributed by atoms with van der Waals surface area (Å²) < 4.78 is 0. The second-order valence-corrected chi connectivity index (χ2v) is 5.97. The third-order valence-corrected chi connectivity index (χ3v) is 4.08. The highest BCUT2D eigenvalue weighted by Gasteiger charge is 2.31. The van der Waals surface area contributed by atoms with Crippen LogP contribution in [-0.4, -0.2) is 64.8 Å². The van der Waals surface area contributed by atoms with Gasteiger partial charge in [-0.05, 0) is 0 Å². The van der Waals surface area contributed by atoms with Crippen LogP contribution in [0.4, 0.5) is 4.79 Å². The summed E-state index contributed by atoms with van der Waals surface area (Å²) in [5, 5.41) is 2.85. The van der Waals surface area contributed by atoms with Crippen LogP contribution in [0, 0.1) is 0 Å². The van der Waals surface area contributed by atoms with Gasteiger partial charge in [-0.15, -0.1) is 0 Å². The van der Waals surface area contributed by atoms with Gasteiger partial charge in [-0.3, -0.25) is 9.59 Å². The molecule has 0 bridgehead atoms. The van der Waals surface area contributed by atoms with Gasteiger partial charge in [0.15, 0.2) is 5.12 Å². The van der Waals surface area contributed by atoms with E-state index >= 15 is 0 Å². The molecule has 2 aliphatic rings. The van der Waals surface area contributed by atoms with E-state index in [4.69, 9.17) is 0 Å². The summed E-state index contributed by atoms with van der Waals surface area (Å²) in [4.78, 5) is 37.5. The lowest BCUT2D eigenvalue weighted by atomic mass is 10.4. The van der Waals surface area contributed by atoms with Crippen molar-refractivity contribution >= 4 is 28.8 Å². The molecule has 2 aliphatic heterocycles. The van der Waals surface area contributed by atoms with Crippen molar-refractivity contribution in [2.75, 3.05) is 32.7 Å². The van der Waals surface area contributed by atoms with E-state index in [1.807, 2.05) is 0 Å². The predicted molar refractivity (Wildman–Crippen MR) is 68.2 cm³/mol. The first-order chi connectivity index (χ1) is 8.56. The van der Waals surface area contributed by atoms with E-state index in [1.54, 1.807) is 9.80 Å². The maximum Gasteiger partial charge on any atom is 0.317 e. The Morgan fingerprint density at radius 2 is 2.11 bits per heavy atom. The van der Waals surface area contributed by atoms with Crippen LogP contribution in [0.15, 0.2) is 0 Å². The lowest BCUT2D eigenvalue weighted by molar-refractivity contribution is -0.127. The lowest BCUT2D eigenvalue weighted by Gasteiger charge is -2.20. The summed E-state index contributed by atoms with van der Waals surface area (Å²) in [6.07, 6.45) is 0.427.